The topological polar surface area (TPSA) is 32.3 Å². The lowest BCUT2D eigenvalue weighted by Gasteiger charge is -2.27. The molecule has 0 N–H and O–H groups in total. The molecule has 2 aromatic heterocycles. The molecular formula is C18H26N4S. The number of thiophene rings is 1. The number of nitrogens with zero attached hydrogens (tertiary/aromatic N) is 4. The summed E-state index contributed by atoms with van der Waals surface area (Å²) in [4.78, 5) is 16.0. The van der Waals surface area contributed by atoms with E-state index in [9.17, 15) is 0 Å². The van der Waals surface area contributed by atoms with Crippen LogP contribution in [-0.4, -0.2) is 47.1 Å². The van der Waals surface area contributed by atoms with E-state index in [4.69, 9.17) is 4.98 Å². The van der Waals surface area contributed by atoms with Gasteiger partial charge in [-0.2, -0.15) is 0 Å². The highest BCUT2D eigenvalue weighted by molar-refractivity contribution is 7.16. The number of aryl methyl sites for hydroxylation is 1. The number of hydrogen-bond donors (Lipinski definition) is 0. The van der Waals surface area contributed by atoms with E-state index in [-0.39, 0.29) is 0 Å². The van der Waals surface area contributed by atoms with E-state index >= 15 is 0 Å². The van der Waals surface area contributed by atoms with Crippen molar-refractivity contribution in [3.05, 3.63) is 17.3 Å². The molecule has 2 aliphatic rings. The predicted octanol–water partition coefficient (Wildman–Crippen LogP) is 3.71. The Hall–Kier alpha value is -1.20. The molecule has 5 heteroatoms. The smallest absolute Gasteiger partial charge is 0.141 e. The second-order valence-corrected chi connectivity index (χ2v) is 7.67. The Kier molecular flexibility index (Phi) is 4.49. The molecule has 2 aromatic rings. The fraction of sp³-hybridized carbons (Fsp3) is 0.667. The Morgan fingerprint density at radius 1 is 1.09 bits per heavy atom. The molecule has 0 saturated carbocycles. The van der Waals surface area contributed by atoms with E-state index in [2.05, 4.69) is 33.2 Å². The summed E-state index contributed by atoms with van der Waals surface area (Å²) in [6.07, 6.45) is 7.58. The third-order valence-corrected chi connectivity index (χ3v) is 6.13. The SMILES string of the molecule is CCc1nc(N2CCCC(N3CCCC3)CC2)c2ccsc2n1. The molecule has 0 radical (unpaired) electrons. The molecular weight excluding hydrogens is 304 g/mol. The third kappa shape index (κ3) is 3.09. The van der Waals surface area contributed by atoms with Crippen LogP contribution in [0.5, 0.6) is 0 Å². The molecule has 4 nitrogen and oxygen atoms in total. The summed E-state index contributed by atoms with van der Waals surface area (Å²) in [5, 5.41) is 3.39. The van der Waals surface area contributed by atoms with Gasteiger partial charge < -0.3 is 9.80 Å². The van der Waals surface area contributed by atoms with Crippen LogP contribution in [-0.2, 0) is 6.42 Å². The molecule has 1 atom stereocenters. The van der Waals surface area contributed by atoms with Crippen LogP contribution in [0.25, 0.3) is 10.2 Å². The summed E-state index contributed by atoms with van der Waals surface area (Å²) in [5.74, 6) is 2.16. The number of fused-ring (bicyclic) bond motifs is 1. The first-order valence-corrected chi connectivity index (χ1v) is 9.96. The summed E-state index contributed by atoms with van der Waals surface area (Å²) in [5.41, 5.74) is 0. The molecule has 0 spiro atoms. The van der Waals surface area contributed by atoms with Crippen LogP contribution < -0.4 is 4.90 Å². The summed E-state index contributed by atoms with van der Waals surface area (Å²) >= 11 is 1.74. The van der Waals surface area contributed by atoms with Gasteiger partial charge in [0.1, 0.15) is 16.5 Å². The molecule has 2 aliphatic heterocycles. The van der Waals surface area contributed by atoms with Gasteiger partial charge in [-0.1, -0.05) is 6.92 Å². The highest BCUT2D eigenvalue weighted by atomic mass is 32.1. The van der Waals surface area contributed by atoms with E-state index < -0.39 is 0 Å². The Bertz CT molecular complexity index is 662. The van der Waals surface area contributed by atoms with Gasteiger partial charge in [0.05, 0.1) is 5.39 Å². The van der Waals surface area contributed by atoms with Crippen LogP contribution in [0.15, 0.2) is 11.4 Å². The van der Waals surface area contributed by atoms with E-state index in [1.807, 2.05) is 0 Å². The van der Waals surface area contributed by atoms with E-state index in [1.54, 1.807) is 11.3 Å². The normalized spacial score (nSPS) is 23.5. The molecule has 0 aliphatic carbocycles. The molecule has 4 rings (SSSR count). The average molecular weight is 331 g/mol. The number of rotatable bonds is 3. The second-order valence-electron chi connectivity index (χ2n) is 6.77. The standard InChI is InChI=1S/C18H26N4S/c1-2-16-19-17(15-8-13-23-18(15)20-16)22-11-5-6-14(7-12-22)21-9-3-4-10-21/h8,13-14H,2-7,9-12H2,1H3. The van der Waals surface area contributed by atoms with Crippen molar-refractivity contribution in [1.82, 2.24) is 14.9 Å². The monoisotopic (exact) mass is 330 g/mol. The number of hydrogen-bond acceptors (Lipinski definition) is 5. The summed E-state index contributed by atoms with van der Waals surface area (Å²) < 4.78 is 0. The van der Waals surface area contributed by atoms with Crippen LogP contribution >= 0.6 is 11.3 Å². The Morgan fingerprint density at radius 2 is 1.96 bits per heavy atom. The van der Waals surface area contributed by atoms with Crippen molar-refractivity contribution in [3.63, 3.8) is 0 Å². The molecule has 2 saturated heterocycles. The van der Waals surface area contributed by atoms with Gasteiger partial charge in [0.15, 0.2) is 0 Å². The lowest BCUT2D eigenvalue weighted by molar-refractivity contribution is 0.225. The summed E-state index contributed by atoms with van der Waals surface area (Å²) in [6, 6.07) is 2.98. The fourth-order valence-electron chi connectivity index (χ4n) is 4.04. The fourth-order valence-corrected chi connectivity index (χ4v) is 4.82. The van der Waals surface area contributed by atoms with Crippen molar-refractivity contribution in [2.45, 2.75) is 51.5 Å². The molecule has 0 amide bonds. The predicted molar refractivity (Wildman–Crippen MR) is 97.5 cm³/mol. The quantitative estimate of drug-likeness (QED) is 0.859. The first kappa shape index (κ1) is 15.3. The van der Waals surface area contributed by atoms with Crippen LogP contribution in [0.3, 0.4) is 0 Å². The van der Waals surface area contributed by atoms with Crippen molar-refractivity contribution >= 4 is 27.4 Å². The molecule has 23 heavy (non-hydrogen) atoms. The lowest BCUT2D eigenvalue weighted by Crippen LogP contribution is -2.34. The number of likely N-dealkylation sites (tertiary alicyclic amines) is 1. The molecule has 1 unspecified atom stereocenters. The lowest BCUT2D eigenvalue weighted by atomic mass is 10.1. The van der Waals surface area contributed by atoms with Gasteiger partial charge in [-0.25, -0.2) is 9.97 Å². The molecule has 2 fully saturated rings. The maximum atomic E-state index is 4.89. The maximum Gasteiger partial charge on any atom is 0.141 e. The van der Waals surface area contributed by atoms with E-state index in [1.165, 1.54) is 56.4 Å². The first-order valence-electron chi connectivity index (χ1n) is 9.08. The highest BCUT2D eigenvalue weighted by Gasteiger charge is 2.26. The van der Waals surface area contributed by atoms with Gasteiger partial charge in [-0.05, 0) is 56.6 Å². The minimum atomic E-state index is 0.785. The third-order valence-electron chi connectivity index (χ3n) is 5.32. The van der Waals surface area contributed by atoms with Crippen LogP contribution in [0.1, 0.15) is 44.9 Å². The van der Waals surface area contributed by atoms with Gasteiger partial charge in [0, 0.05) is 25.6 Å². The Labute approximate surface area is 142 Å². The largest absolute Gasteiger partial charge is 0.356 e. The van der Waals surface area contributed by atoms with Gasteiger partial charge in [0.2, 0.25) is 0 Å². The van der Waals surface area contributed by atoms with Gasteiger partial charge >= 0.3 is 0 Å². The number of anilines is 1. The van der Waals surface area contributed by atoms with Gasteiger partial charge in [-0.3, -0.25) is 0 Å². The average Bonchev–Trinajstić information content (AvgIpc) is 3.21. The minimum absolute atomic E-state index is 0.785. The maximum absolute atomic E-state index is 4.89. The summed E-state index contributed by atoms with van der Waals surface area (Å²) in [7, 11) is 0. The Balaban J connectivity index is 1.57. The van der Waals surface area contributed by atoms with Crippen LogP contribution in [0.2, 0.25) is 0 Å². The van der Waals surface area contributed by atoms with Crippen LogP contribution in [0, 0.1) is 0 Å². The van der Waals surface area contributed by atoms with E-state index in [0.717, 1.165) is 36.2 Å². The molecule has 124 valence electrons. The van der Waals surface area contributed by atoms with Gasteiger partial charge in [0.25, 0.3) is 0 Å². The highest BCUT2D eigenvalue weighted by Crippen LogP contribution is 2.30. The minimum Gasteiger partial charge on any atom is -0.356 e. The molecule has 4 heterocycles. The molecule has 0 bridgehead atoms. The molecule has 0 aromatic carbocycles. The van der Waals surface area contributed by atoms with Crippen molar-refractivity contribution in [2.75, 3.05) is 31.1 Å². The van der Waals surface area contributed by atoms with E-state index in [0.29, 0.717) is 0 Å². The Morgan fingerprint density at radius 3 is 2.78 bits per heavy atom. The van der Waals surface area contributed by atoms with Gasteiger partial charge in [-0.15, -0.1) is 11.3 Å². The van der Waals surface area contributed by atoms with Crippen LogP contribution in [0.4, 0.5) is 5.82 Å². The number of aromatic nitrogens is 2. The zero-order valence-corrected chi connectivity index (χ0v) is 14.8. The zero-order valence-electron chi connectivity index (χ0n) is 14.0. The second kappa shape index (κ2) is 6.73. The summed E-state index contributed by atoms with van der Waals surface area (Å²) in [6.45, 7) is 7.03. The zero-order chi connectivity index (χ0) is 15.6. The van der Waals surface area contributed by atoms with Crippen molar-refractivity contribution < 1.29 is 0 Å². The van der Waals surface area contributed by atoms with Crippen molar-refractivity contribution in [2.24, 2.45) is 0 Å². The van der Waals surface area contributed by atoms with Crippen molar-refractivity contribution in [1.29, 1.82) is 0 Å². The van der Waals surface area contributed by atoms with Crippen molar-refractivity contribution in [3.8, 4) is 0 Å². The first-order chi connectivity index (χ1) is 11.3.